The van der Waals surface area contributed by atoms with Crippen LogP contribution in [0.5, 0.6) is 0 Å². The highest BCUT2D eigenvalue weighted by Gasteiger charge is 2.11. The summed E-state index contributed by atoms with van der Waals surface area (Å²) in [6, 6.07) is 0. The molecule has 0 aliphatic carbocycles. The summed E-state index contributed by atoms with van der Waals surface area (Å²) in [6.45, 7) is 4.33. The van der Waals surface area contributed by atoms with Crippen molar-refractivity contribution in [2.45, 2.75) is 0 Å². The maximum Gasteiger partial charge on any atom is 0.304 e. The fourth-order valence-corrected chi connectivity index (χ4v) is 0.848. The number of allylic oxidation sites excluding steroid dienone is 1. The molecule has 0 heterocycles. The van der Waals surface area contributed by atoms with E-state index in [0.717, 1.165) is 6.08 Å². The van der Waals surface area contributed by atoms with Crippen LogP contribution in [0.1, 0.15) is 0 Å². The molecular formula is C9H16N3O4+. The Labute approximate surface area is 93.6 Å². The van der Waals surface area contributed by atoms with Crippen LogP contribution in [0.2, 0.25) is 0 Å². The van der Waals surface area contributed by atoms with Gasteiger partial charge >= 0.3 is 5.84 Å². The van der Waals surface area contributed by atoms with Gasteiger partial charge in [-0.15, -0.1) is 5.48 Å². The summed E-state index contributed by atoms with van der Waals surface area (Å²) in [4.78, 5) is 17.5. The molecule has 0 rings (SSSR count). The van der Waals surface area contributed by atoms with Crippen LogP contribution < -0.4 is 10.5 Å². The minimum Gasteiger partial charge on any atom is -0.381 e. The molecule has 0 aromatic rings. The van der Waals surface area contributed by atoms with Gasteiger partial charge in [0.15, 0.2) is 0 Å². The number of hydrogen-bond donors (Lipinski definition) is 2. The standard InChI is InChI=1S/C9H15N3O4/c1-4-8(12(13)14)7-9(11-16-3)10-5-6-15-2/h4,7H,1,5-6H2,2-3H3,(H,10,11)/p+1/b8-7+. The zero-order valence-corrected chi connectivity index (χ0v) is 9.36. The molecule has 0 fully saturated rings. The van der Waals surface area contributed by atoms with Crippen LogP contribution in [-0.4, -0.2) is 38.1 Å². The lowest BCUT2D eigenvalue weighted by molar-refractivity contribution is -0.465. The third kappa shape index (κ3) is 5.89. The van der Waals surface area contributed by atoms with E-state index in [1.807, 2.05) is 0 Å². The maximum absolute atomic E-state index is 10.5. The minimum absolute atomic E-state index is 0.135. The Balaban J connectivity index is 4.69. The van der Waals surface area contributed by atoms with E-state index in [9.17, 15) is 10.1 Å². The van der Waals surface area contributed by atoms with Crippen molar-refractivity contribution in [1.82, 2.24) is 5.48 Å². The molecule has 0 spiro atoms. The van der Waals surface area contributed by atoms with E-state index in [1.165, 1.54) is 13.2 Å². The highest BCUT2D eigenvalue weighted by Crippen LogP contribution is 1.94. The fraction of sp³-hybridized carbons (Fsp3) is 0.444. The molecule has 0 aliphatic heterocycles. The topological polar surface area (TPSA) is 87.6 Å². The molecule has 0 aromatic carbocycles. The quantitative estimate of drug-likeness (QED) is 0.140. The molecule has 7 nitrogen and oxygen atoms in total. The van der Waals surface area contributed by atoms with Gasteiger partial charge in [0.25, 0.3) is 5.70 Å². The lowest BCUT2D eigenvalue weighted by Crippen LogP contribution is -2.76. The van der Waals surface area contributed by atoms with Crippen molar-refractivity contribution >= 4 is 5.84 Å². The maximum atomic E-state index is 10.5. The van der Waals surface area contributed by atoms with Crippen LogP contribution in [0.25, 0.3) is 0 Å². The molecule has 0 atom stereocenters. The summed E-state index contributed by atoms with van der Waals surface area (Å²) in [5, 5.41) is 10.5. The Morgan fingerprint density at radius 2 is 2.31 bits per heavy atom. The number of nitrogens with one attached hydrogen (secondary N) is 2. The van der Waals surface area contributed by atoms with Gasteiger partial charge in [-0.1, -0.05) is 6.58 Å². The molecule has 0 radical (unpaired) electrons. The van der Waals surface area contributed by atoms with E-state index < -0.39 is 4.92 Å². The third-order valence-corrected chi connectivity index (χ3v) is 1.55. The van der Waals surface area contributed by atoms with Crippen molar-refractivity contribution in [1.29, 1.82) is 0 Å². The van der Waals surface area contributed by atoms with Crippen molar-refractivity contribution in [3.63, 3.8) is 0 Å². The number of ether oxygens (including phenoxy) is 1. The van der Waals surface area contributed by atoms with Crippen molar-refractivity contribution in [2.24, 2.45) is 0 Å². The first kappa shape index (κ1) is 14.3. The van der Waals surface area contributed by atoms with Crippen LogP contribution >= 0.6 is 0 Å². The lowest BCUT2D eigenvalue weighted by Gasteiger charge is -1.96. The normalized spacial score (nSPS) is 12.4. The summed E-state index contributed by atoms with van der Waals surface area (Å²) in [5.74, 6) is 0.367. The van der Waals surface area contributed by atoms with E-state index in [4.69, 9.17) is 4.74 Å². The highest BCUT2D eigenvalue weighted by atomic mass is 16.6. The predicted octanol–water partition coefficient (Wildman–Crippen LogP) is -1.39. The van der Waals surface area contributed by atoms with Gasteiger partial charge in [0.2, 0.25) is 0 Å². The lowest BCUT2D eigenvalue weighted by atomic mass is 10.4. The summed E-state index contributed by atoms with van der Waals surface area (Å²) >= 11 is 0. The Kier molecular flexibility index (Phi) is 7.64. The zero-order chi connectivity index (χ0) is 12.4. The van der Waals surface area contributed by atoms with Gasteiger partial charge in [-0.05, 0) is 0 Å². The highest BCUT2D eigenvalue weighted by molar-refractivity contribution is 5.87. The second kappa shape index (κ2) is 8.57. The predicted molar refractivity (Wildman–Crippen MR) is 58.1 cm³/mol. The SMILES string of the molecule is C=C/C(=C\C(NOC)=[NH+]CCOC)[N+](=O)[O-]. The average molecular weight is 230 g/mol. The third-order valence-electron chi connectivity index (χ3n) is 1.55. The molecule has 16 heavy (non-hydrogen) atoms. The summed E-state index contributed by atoms with van der Waals surface area (Å²) in [5.41, 5.74) is 2.35. The van der Waals surface area contributed by atoms with Crippen molar-refractivity contribution in [2.75, 3.05) is 27.4 Å². The number of methoxy groups -OCH3 is 1. The Morgan fingerprint density at radius 1 is 1.62 bits per heavy atom. The fourth-order valence-electron chi connectivity index (χ4n) is 0.848. The van der Waals surface area contributed by atoms with E-state index in [2.05, 4.69) is 21.9 Å². The second-order valence-electron chi connectivity index (χ2n) is 2.67. The minimum atomic E-state index is -0.539. The number of hydroxylamine groups is 1. The van der Waals surface area contributed by atoms with E-state index in [1.54, 1.807) is 7.11 Å². The monoisotopic (exact) mass is 230 g/mol. The van der Waals surface area contributed by atoms with Gasteiger partial charge in [-0.2, -0.15) is 0 Å². The van der Waals surface area contributed by atoms with Crippen molar-refractivity contribution in [3.05, 3.63) is 34.5 Å². The molecule has 7 heteroatoms. The first-order valence-corrected chi connectivity index (χ1v) is 4.53. The molecule has 0 aliphatic rings. The largest absolute Gasteiger partial charge is 0.381 e. The first-order chi connectivity index (χ1) is 7.65. The molecule has 0 saturated heterocycles. The molecule has 90 valence electrons. The number of nitro groups is 1. The van der Waals surface area contributed by atoms with Crippen LogP contribution in [-0.2, 0) is 9.57 Å². The van der Waals surface area contributed by atoms with E-state index >= 15 is 0 Å². The zero-order valence-electron chi connectivity index (χ0n) is 9.36. The van der Waals surface area contributed by atoms with E-state index in [-0.39, 0.29) is 5.70 Å². The first-order valence-electron chi connectivity index (χ1n) is 4.53. The summed E-state index contributed by atoms with van der Waals surface area (Å²) < 4.78 is 4.83. The average Bonchev–Trinajstić information content (AvgIpc) is 2.25. The molecule has 2 N–H and O–H groups in total. The summed E-state index contributed by atoms with van der Waals surface area (Å²) in [6.07, 6.45) is 2.43. The Hall–Kier alpha value is -1.73. The molecule has 0 amide bonds. The number of hydrogen-bond acceptors (Lipinski definition) is 4. The smallest absolute Gasteiger partial charge is 0.304 e. The summed E-state index contributed by atoms with van der Waals surface area (Å²) in [7, 11) is 2.97. The van der Waals surface area contributed by atoms with Crippen molar-refractivity contribution in [3.8, 4) is 0 Å². The van der Waals surface area contributed by atoms with Crippen LogP contribution in [0.3, 0.4) is 0 Å². The van der Waals surface area contributed by atoms with Gasteiger partial charge < -0.3 is 4.74 Å². The Bertz CT molecular complexity index is 299. The van der Waals surface area contributed by atoms with Crippen molar-refractivity contribution < 1.29 is 19.5 Å². The Morgan fingerprint density at radius 3 is 2.75 bits per heavy atom. The van der Waals surface area contributed by atoms with Crippen LogP contribution in [0, 0.1) is 10.1 Å². The molecule has 0 unspecified atom stereocenters. The van der Waals surface area contributed by atoms with Crippen LogP contribution in [0.4, 0.5) is 0 Å². The number of nitrogens with zero attached hydrogens (tertiary/aromatic N) is 1. The second-order valence-corrected chi connectivity index (χ2v) is 2.67. The molecule has 0 aromatic heterocycles. The van der Waals surface area contributed by atoms with Crippen LogP contribution in [0.15, 0.2) is 24.4 Å². The van der Waals surface area contributed by atoms with E-state index in [0.29, 0.717) is 19.0 Å². The van der Waals surface area contributed by atoms with Gasteiger partial charge in [0.05, 0.1) is 18.6 Å². The molecular weight excluding hydrogens is 214 g/mol. The van der Waals surface area contributed by atoms with Gasteiger partial charge in [-0.3, -0.25) is 15.1 Å². The van der Waals surface area contributed by atoms with Gasteiger partial charge in [0.1, 0.15) is 12.6 Å². The number of rotatable bonds is 7. The molecule has 0 saturated carbocycles. The van der Waals surface area contributed by atoms with Gasteiger partial charge in [-0.25, -0.2) is 4.84 Å². The molecule has 0 bridgehead atoms. The van der Waals surface area contributed by atoms with Gasteiger partial charge in [0, 0.05) is 13.2 Å². The number of amidine groups is 1.